The van der Waals surface area contributed by atoms with Crippen LogP contribution in [0.25, 0.3) is 11.4 Å². The Kier molecular flexibility index (Phi) is 8.90. The van der Waals surface area contributed by atoms with E-state index < -0.39 is 58.2 Å². The molecule has 6 rings (SSSR count). The highest BCUT2D eigenvalue weighted by molar-refractivity contribution is 6.66. The number of carbonyl (C=O) groups excluding carboxylic acids is 4. The van der Waals surface area contributed by atoms with Gasteiger partial charge in [0, 0.05) is 42.3 Å². The van der Waals surface area contributed by atoms with Crippen molar-refractivity contribution in [2.24, 2.45) is 24.3 Å². The van der Waals surface area contributed by atoms with Crippen molar-refractivity contribution in [1.29, 1.82) is 0 Å². The summed E-state index contributed by atoms with van der Waals surface area (Å²) in [6.45, 7) is 3.32. The van der Waals surface area contributed by atoms with Gasteiger partial charge in [-0.3, -0.25) is 58.8 Å². The van der Waals surface area contributed by atoms with Crippen LogP contribution in [0.2, 0.25) is 0 Å². The number of amides is 4. The molecule has 19 heteroatoms. The van der Waals surface area contributed by atoms with Gasteiger partial charge < -0.3 is 14.9 Å². The molecule has 276 valence electrons. The molecule has 4 heterocycles. The molecule has 0 atom stereocenters. The first-order valence-corrected chi connectivity index (χ1v) is 16.2. The molecule has 0 radical (unpaired) electrons. The molecule has 2 fully saturated rings. The average Bonchev–Trinajstić information content (AvgIpc) is 3.50. The number of hydrazone groups is 2. The maximum atomic E-state index is 13.7. The summed E-state index contributed by atoms with van der Waals surface area (Å²) in [5, 5.41) is 20.1. The number of nitrogens with one attached hydrogen (secondary N) is 2. The molecule has 3 N–H and O–H groups in total. The number of hydrogen-bond acceptors (Lipinski definition) is 11. The molecule has 53 heavy (non-hydrogen) atoms. The molecule has 2 saturated heterocycles. The third-order valence-electron chi connectivity index (χ3n) is 9.80. The van der Waals surface area contributed by atoms with Gasteiger partial charge in [0.2, 0.25) is 11.4 Å². The van der Waals surface area contributed by atoms with Crippen molar-refractivity contribution in [3.63, 3.8) is 0 Å². The second kappa shape index (κ2) is 13.1. The normalized spacial score (nSPS) is 19.4. The zero-order valence-corrected chi connectivity index (χ0v) is 30.2. The SMILES string of the molecule is Cc1c(NN=C2C(=O)N(C)C(C3(O)N(C)C(=O)C(=NNc4c(C)n(C)n(-c5ccccc5)c4=O)C(=O)N3C)N(C)C2=O)c(=O)n(-c2ccccc2)n1C. The number of rotatable bonds is 7. The van der Waals surface area contributed by atoms with E-state index >= 15 is 0 Å². The van der Waals surface area contributed by atoms with Crippen LogP contribution in [0.3, 0.4) is 0 Å². The number of carbonyl (C=O) groups is 4. The monoisotopic (exact) mass is 726 g/mol. The molecule has 4 aromatic rings. The third-order valence-corrected chi connectivity index (χ3v) is 9.80. The maximum Gasteiger partial charge on any atom is 0.296 e. The topological polar surface area (TPSA) is 204 Å². The number of aromatic nitrogens is 4. The lowest BCUT2D eigenvalue weighted by Crippen LogP contribution is -2.81. The largest absolute Gasteiger partial charge is 0.351 e. The molecule has 19 nitrogen and oxygen atoms in total. The molecule has 0 bridgehead atoms. The summed E-state index contributed by atoms with van der Waals surface area (Å²) in [6.07, 6.45) is -1.62. The first kappa shape index (κ1) is 36.0. The van der Waals surface area contributed by atoms with Crippen molar-refractivity contribution in [1.82, 2.24) is 38.3 Å². The van der Waals surface area contributed by atoms with E-state index in [9.17, 15) is 33.9 Å². The van der Waals surface area contributed by atoms with E-state index in [0.29, 0.717) is 22.8 Å². The third kappa shape index (κ3) is 5.39. The quantitative estimate of drug-likeness (QED) is 0.207. The summed E-state index contributed by atoms with van der Waals surface area (Å²) in [5.74, 6) is -6.64. The van der Waals surface area contributed by atoms with Crippen LogP contribution in [0.5, 0.6) is 0 Å². The highest BCUT2D eigenvalue weighted by Crippen LogP contribution is 2.32. The van der Waals surface area contributed by atoms with Gasteiger partial charge in [-0.2, -0.15) is 10.2 Å². The van der Waals surface area contributed by atoms with E-state index in [1.165, 1.54) is 37.6 Å². The summed E-state index contributed by atoms with van der Waals surface area (Å²) in [4.78, 5) is 84.9. The molecule has 0 saturated carbocycles. The molecule has 0 spiro atoms. The molecule has 2 aromatic carbocycles. The Balaban J connectivity index is 1.27. The minimum Gasteiger partial charge on any atom is -0.351 e. The Morgan fingerprint density at radius 3 is 1.26 bits per heavy atom. The smallest absolute Gasteiger partial charge is 0.296 e. The van der Waals surface area contributed by atoms with Gasteiger partial charge in [-0.25, -0.2) is 9.36 Å². The highest BCUT2D eigenvalue weighted by atomic mass is 16.4. The number of para-hydroxylation sites is 2. The van der Waals surface area contributed by atoms with Gasteiger partial charge in [0.15, 0.2) is 6.17 Å². The van der Waals surface area contributed by atoms with E-state index in [2.05, 4.69) is 21.1 Å². The predicted octanol–water partition coefficient (Wildman–Crippen LogP) is -0.649. The highest BCUT2D eigenvalue weighted by Gasteiger charge is 2.61. The molecule has 0 aliphatic carbocycles. The Hall–Kier alpha value is -6.76. The lowest BCUT2D eigenvalue weighted by atomic mass is 10.0. The molecule has 2 aliphatic rings. The van der Waals surface area contributed by atoms with Gasteiger partial charge in [-0.05, 0) is 38.1 Å². The molecule has 2 aromatic heterocycles. The Bertz CT molecular complexity index is 2310. The summed E-state index contributed by atoms with van der Waals surface area (Å²) in [6, 6.07) is 17.7. The minimum absolute atomic E-state index is 0.00337. The Morgan fingerprint density at radius 1 is 0.566 bits per heavy atom. The van der Waals surface area contributed by atoms with E-state index in [-0.39, 0.29) is 11.4 Å². The summed E-state index contributed by atoms with van der Waals surface area (Å²) < 4.78 is 5.95. The molecular formula is C34H38N12O7. The van der Waals surface area contributed by atoms with Crippen LogP contribution in [0.1, 0.15) is 11.4 Å². The average molecular weight is 727 g/mol. The lowest BCUT2D eigenvalue weighted by Gasteiger charge is -2.55. The molecular weight excluding hydrogens is 688 g/mol. The summed E-state index contributed by atoms with van der Waals surface area (Å²) >= 11 is 0. The van der Waals surface area contributed by atoms with Crippen LogP contribution in [-0.2, 0) is 33.3 Å². The Labute approximate surface area is 302 Å². The molecule has 0 unspecified atom stereocenters. The van der Waals surface area contributed by atoms with Crippen LogP contribution in [-0.4, -0.2) is 119 Å². The van der Waals surface area contributed by atoms with Gasteiger partial charge in [0.1, 0.15) is 11.4 Å². The molecule has 2 aliphatic heterocycles. The van der Waals surface area contributed by atoms with Crippen LogP contribution in [0, 0.1) is 13.8 Å². The van der Waals surface area contributed by atoms with Crippen LogP contribution in [0.15, 0.2) is 80.5 Å². The number of hydrogen-bond donors (Lipinski definition) is 3. The number of anilines is 2. The summed E-state index contributed by atoms with van der Waals surface area (Å²) in [7, 11) is 8.21. The fraction of sp³-hybridized carbons (Fsp3) is 0.294. The van der Waals surface area contributed by atoms with Gasteiger partial charge in [-0.15, -0.1) is 0 Å². The van der Waals surface area contributed by atoms with Crippen molar-refractivity contribution >= 4 is 46.4 Å². The lowest BCUT2D eigenvalue weighted by molar-refractivity contribution is -0.251. The fourth-order valence-electron chi connectivity index (χ4n) is 6.52. The van der Waals surface area contributed by atoms with E-state index in [1.54, 1.807) is 91.9 Å². The second-order valence-electron chi connectivity index (χ2n) is 12.6. The van der Waals surface area contributed by atoms with Crippen LogP contribution >= 0.6 is 0 Å². The first-order chi connectivity index (χ1) is 25.0. The zero-order chi connectivity index (χ0) is 38.7. The van der Waals surface area contributed by atoms with Crippen molar-refractivity contribution in [3.8, 4) is 11.4 Å². The number of nitrogens with zero attached hydrogens (tertiary/aromatic N) is 10. The van der Waals surface area contributed by atoms with E-state index in [4.69, 9.17) is 0 Å². The standard InChI is InChI=1S/C34H38N12O7/c1-19-23(31(51)45(43(19)7)21-15-11-9-12-16-21)35-37-25-27(47)39(3)33(40(4)28(25)48)34(53)41(5)29(49)26(30(50)42(34)6)38-36-24-20(2)44(8)46(32(24)52)22-17-13-10-14-18-22/h9-18,33,35-36,53H,1-8H3. The minimum atomic E-state index is -2.59. The van der Waals surface area contributed by atoms with Gasteiger partial charge in [0.05, 0.1) is 22.8 Å². The number of likely N-dealkylation sites (N-methyl/N-ethyl adjacent to an activating group) is 4. The van der Waals surface area contributed by atoms with Gasteiger partial charge in [-0.1, -0.05) is 36.4 Å². The first-order valence-electron chi connectivity index (χ1n) is 16.2. The van der Waals surface area contributed by atoms with Crippen molar-refractivity contribution in [2.75, 3.05) is 39.0 Å². The molecule has 4 amide bonds. The van der Waals surface area contributed by atoms with Crippen LogP contribution in [0.4, 0.5) is 11.4 Å². The van der Waals surface area contributed by atoms with Crippen molar-refractivity contribution in [2.45, 2.75) is 25.9 Å². The predicted molar refractivity (Wildman–Crippen MR) is 193 cm³/mol. The van der Waals surface area contributed by atoms with Crippen molar-refractivity contribution in [3.05, 3.63) is 92.8 Å². The van der Waals surface area contributed by atoms with E-state index in [0.717, 1.165) is 19.6 Å². The summed E-state index contributed by atoms with van der Waals surface area (Å²) in [5.41, 5.74) is 4.97. The second-order valence-corrected chi connectivity index (χ2v) is 12.6. The number of aliphatic hydroxyl groups is 1. The zero-order valence-electron chi connectivity index (χ0n) is 30.2. The maximum absolute atomic E-state index is 13.7. The van der Waals surface area contributed by atoms with E-state index in [1.807, 2.05) is 6.07 Å². The van der Waals surface area contributed by atoms with Gasteiger partial charge in [0.25, 0.3) is 40.6 Å². The Morgan fingerprint density at radius 2 is 0.906 bits per heavy atom. The number of benzene rings is 2. The fourth-order valence-corrected chi connectivity index (χ4v) is 6.52. The van der Waals surface area contributed by atoms with Crippen LogP contribution < -0.4 is 22.0 Å². The van der Waals surface area contributed by atoms with Crippen molar-refractivity contribution < 1.29 is 24.3 Å². The van der Waals surface area contributed by atoms with Gasteiger partial charge >= 0.3 is 0 Å².